The standard InChI is InChI=1S/C11H14O4S/c1-9-4-3-5-11(6-9)16(13,14)8-10(12)7-15-2/h3-6H,7-8H2,1-2H3. The SMILES string of the molecule is COCC(=O)CS(=O)(=O)c1cccc(C)c1. The van der Waals surface area contributed by atoms with Crippen molar-refractivity contribution in [1.82, 2.24) is 0 Å². The summed E-state index contributed by atoms with van der Waals surface area (Å²) in [7, 11) is -2.18. The Morgan fingerprint density at radius 1 is 1.38 bits per heavy atom. The summed E-state index contributed by atoms with van der Waals surface area (Å²) in [6.07, 6.45) is 0. The first-order chi connectivity index (χ1) is 7.45. The molecule has 1 aromatic carbocycles. The highest BCUT2D eigenvalue weighted by atomic mass is 32.2. The number of hydrogen-bond acceptors (Lipinski definition) is 4. The van der Waals surface area contributed by atoms with Crippen LogP contribution in [0.4, 0.5) is 0 Å². The molecule has 0 spiro atoms. The Bertz CT molecular complexity index is 477. The lowest BCUT2D eigenvalue weighted by molar-refractivity contribution is -0.120. The molecule has 0 N–H and O–H groups in total. The van der Waals surface area contributed by atoms with Gasteiger partial charge in [0, 0.05) is 7.11 Å². The molecule has 0 atom stereocenters. The second kappa shape index (κ2) is 5.23. The Balaban J connectivity index is 2.90. The van der Waals surface area contributed by atoms with Crippen LogP contribution in [0.15, 0.2) is 29.2 Å². The van der Waals surface area contributed by atoms with E-state index in [1.54, 1.807) is 25.1 Å². The molecule has 0 unspecified atom stereocenters. The molecule has 0 radical (unpaired) electrons. The van der Waals surface area contributed by atoms with E-state index in [1.165, 1.54) is 13.2 Å². The maximum Gasteiger partial charge on any atom is 0.185 e. The average Bonchev–Trinajstić information content (AvgIpc) is 2.17. The number of ketones is 1. The topological polar surface area (TPSA) is 60.4 Å². The quantitative estimate of drug-likeness (QED) is 0.772. The van der Waals surface area contributed by atoms with Crippen LogP contribution in [0.3, 0.4) is 0 Å². The fourth-order valence-corrected chi connectivity index (χ4v) is 2.63. The van der Waals surface area contributed by atoms with Crippen LogP contribution in [0, 0.1) is 6.92 Å². The summed E-state index contributed by atoms with van der Waals surface area (Å²) in [5, 5.41) is 0. The van der Waals surface area contributed by atoms with E-state index >= 15 is 0 Å². The number of aryl methyl sites for hydroxylation is 1. The molecule has 0 fully saturated rings. The Hall–Kier alpha value is -1.20. The molecular formula is C11H14O4S. The Labute approximate surface area is 95.2 Å². The lowest BCUT2D eigenvalue weighted by Crippen LogP contribution is -2.20. The number of Topliss-reactive ketones (excluding diaryl/α,β-unsaturated/α-hetero) is 1. The lowest BCUT2D eigenvalue weighted by atomic mass is 10.2. The second-order valence-electron chi connectivity index (χ2n) is 3.55. The maximum absolute atomic E-state index is 11.8. The number of ether oxygens (including phenoxy) is 1. The normalized spacial score (nSPS) is 11.4. The molecule has 0 amide bonds. The molecule has 1 aromatic rings. The first-order valence-corrected chi connectivity index (χ1v) is 6.41. The van der Waals surface area contributed by atoms with E-state index in [-0.39, 0.29) is 11.5 Å². The van der Waals surface area contributed by atoms with E-state index in [2.05, 4.69) is 4.74 Å². The predicted octanol–water partition coefficient (Wildman–Crippen LogP) is 0.984. The number of rotatable bonds is 5. The van der Waals surface area contributed by atoms with Crippen LogP contribution < -0.4 is 0 Å². The van der Waals surface area contributed by atoms with Crippen molar-refractivity contribution in [3.05, 3.63) is 29.8 Å². The minimum absolute atomic E-state index is 0.176. The summed E-state index contributed by atoms with van der Waals surface area (Å²) in [6.45, 7) is 1.63. The highest BCUT2D eigenvalue weighted by molar-refractivity contribution is 7.92. The zero-order chi connectivity index (χ0) is 12.2. The van der Waals surface area contributed by atoms with Gasteiger partial charge in [0.1, 0.15) is 12.4 Å². The van der Waals surface area contributed by atoms with Crippen LogP contribution in [0.25, 0.3) is 0 Å². The van der Waals surface area contributed by atoms with Gasteiger partial charge in [0.25, 0.3) is 0 Å². The predicted molar refractivity (Wildman–Crippen MR) is 60.1 cm³/mol. The molecule has 1 rings (SSSR count). The summed E-state index contributed by atoms with van der Waals surface area (Å²) in [6, 6.07) is 6.50. The number of methoxy groups -OCH3 is 1. The molecule has 0 aliphatic carbocycles. The summed E-state index contributed by atoms with van der Waals surface area (Å²) in [5.74, 6) is -0.950. The minimum atomic E-state index is -3.53. The monoisotopic (exact) mass is 242 g/mol. The van der Waals surface area contributed by atoms with Crippen LogP contribution in [0.1, 0.15) is 5.56 Å². The van der Waals surface area contributed by atoms with E-state index in [9.17, 15) is 13.2 Å². The fourth-order valence-electron chi connectivity index (χ4n) is 1.31. The average molecular weight is 242 g/mol. The van der Waals surface area contributed by atoms with Crippen molar-refractivity contribution >= 4 is 15.6 Å². The highest BCUT2D eigenvalue weighted by Crippen LogP contribution is 2.12. The van der Waals surface area contributed by atoms with Gasteiger partial charge >= 0.3 is 0 Å². The van der Waals surface area contributed by atoms with Crippen molar-refractivity contribution in [3.63, 3.8) is 0 Å². The number of sulfone groups is 1. The van der Waals surface area contributed by atoms with E-state index in [0.29, 0.717) is 0 Å². The molecule has 0 heterocycles. The van der Waals surface area contributed by atoms with Gasteiger partial charge in [-0.05, 0) is 24.6 Å². The van der Waals surface area contributed by atoms with Gasteiger partial charge in [-0.25, -0.2) is 8.42 Å². The van der Waals surface area contributed by atoms with Crippen molar-refractivity contribution in [2.45, 2.75) is 11.8 Å². The van der Waals surface area contributed by atoms with E-state index in [4.69, 9.17) is 0 Å². The molecule has 4 nitrogen and oxygen atoms in total. The molecule has 0 aromatic heterocycles. The third kappa shape index (κ3) is 3.43. The smallest absolute Gasteiger partial charge is 0.185 e. The van der Waals surface area contributed by atoms with Gasteiger partial charge in [0.2, 0.25) is 0 Å². The first-order valence-electron chi connectivity index (χ1n) is 4.76. The first kappa shape index (κ1) is 12.9. The number of carbonyl (C=O) groups excluding carboxylic acids is 1. The zero-order valence-corrected chi connectivity index (χ0v) is 10.1. The molecule has 0 bridgehead atoms. The lowest BCUT2D eigenvalue weighted by Gasteiger charge is -2.04. The highest BCUT2D eigenvalue weighted by Gasteiger charge is 2.18. The van der Waals surface area contributed by atoms with E-state index < -0.39 is 21.4 Å². The summed E-state index contributed by atoms with van der Waals surface area (Å²) in [5.41, 5.74) is 0.847. The van der Waals surface area contributed by atoms with Crippen LogP contribution in [-0.2, 0) is 19.4 Å². The van der Waals surface area contributed by atoms with Gasteiger partial charge in [-0.3, -0.25) is 4.79 Å². The molecule has 16 heavy (non-hydrogen) atoms. The largest absolute Gasteiger partial charge is 0.377 e. The number of hydrogen-bond donors (Lipinski definition) is 0. The van der Waals surface area contributed by atoms with Gasteiger partial charge in [0.05, 0.1) is 4.90 Å². The van der Waals surface area contributed by atoms with Crippen LogP contribution in [0.2, 0.25) is 0 Å². The molecule has 0 aliphatic heterocycles. The van der Waals surface area contributed by atoms with Crippen LogP contribution in [-0.4, -0.2) is 33.7 Å². The van der Waals surface area contributed by atoms with E-state index in [0.717, 1.165) is 5.56 Å². The van der Waals surface area contributed by atoms with Crippen LogP contribution in [0.5, 0.6) is 0 Å². The van der Waals surface area contributed by atoms with Gasteiger partial charge in [-0.15, -0.1) is 0 Å². The molecule has 0 saturated carbocycles. The summed E-state index contributed by atoms with van der Waals surface area (Å²) >= 11 is 0. The van der Waals surface area contributed by atoms with Gasteiger partial charge < -0.3 is 4.74 Å². The van der Waals surface area contributed by atoms with Crippen molar-refractivity contribution in [3.8, 4) is 0 Å². The third-order valence-corrected chi connectivity index (χ3v) is 3.68. The Kier molecular flexibility index (Phi) is 4.20. The summed E-state index contributed by atoms with van der Waals surface area (Å²) < 4.78 is 28.2. The summed E-state index contributed by atoms with van der Waals surface area (Å²) in [4.78, 5) is 11.4. The molecule has 0 saturated heterocycles. The molecule has 88 valence electrons. The zero-order valence-electron chi connectivity index (χ0n) is 9.26. The van der Waals surface area contributed by atoms with Crippen LogP contribution >= 0.6 is 0 Å². The number of benzene rings is 1. The van der Waals surface area contributed by atoms with Crippen molar-refractivity contribution in [1.29, 1.82) is 0 Å². The maximum atomic E-state index is 11.8. The second-order valence-corrected chi connectivity index (χ2v) is 5.54. The van der Waals surface area contributed by atoms with E-state index in [1.807, 2.05) is 0 Å². The van der Waals surface area contributed by atoms with Crippen molar-refractivity contribution in [2.24, 2.45) is 0 Å². The van der Waals surface area contributed by atoms with Crippen molar-refractivity contribution in [2.75, 3.05) is 19.5 Å². The Morgan fingerprint density at radius 3 is 2.62 bits per heavy atom. The molecular weight excluding hydrogens is 228 g/mol. The molecule has 5 heteroatoms. The fraction of sp³-hybridized carbons (Fsp3) is 0.364. The van der Waals surface area contributed by atoms with Gasteiger partial charge in [0.15, 0.2) is 15.6 Å². The van der Waals surface area contributed by atoms with Gasteiger partial charge in [-0.2, -0.15) is 0 Å². The van der Waals surface area contributed by atoms with Crippen molar-refractivity contribution < 1.29 is 17.9 Å². The number of carbonyl (C=O) groups is 1. The minimum Gasteiger partial charge on any atom is -0.377 e. The third-order valence-electron chi connectivity index (χ3n) is 2.00. The molecule has 0 aliphatic rings. The van der Waals surface area contributed by atoms with Gasteiger partial charge in [-0.1, -0.05) is 12.1 Å². The Morgan fingerprint density at radius 2 is 2.06 bits per heavy atom.